The van der Waals surface area contributed by atoms with Gasteiger partial charge in [-0.1, -0.05) is 30.3 Å². The van der Waals surface area contributed by atoms with E-state index >= 15 is 0 Å². The zero-order valence-electron chi connectivity index (χ0n) is 15.3. The molecule has 0 spiro atoms. The van der Waals surface area contributed by atoms with Crippen LogP contribution in [0.5, 0.6) is 0 Å². The number of fused-ring (bicyclic) bond motifs is 1. The summed E-state index contributed by atoms with van der Waals surface area (Å²) in [6.07, 6.45) is 2.98. The molecule has 6 heteroatoms. The molecule has 2 aromatic rings. The van der Waals surface area contributed by atoms with Crippen LogP contribution in [0.2, 0.25) is 0 Å². The number of amides is 2. The number of hydrogen-bond donors (Lipinski definition) is 2. The van der Waals surface area contributed by atoms with E-state index in [2.05, 4.69) is 45.9 Å². The monoisotopic (exact) mass is 383 g/mol. The van der Waals surface area contributed by atoms with E-state index in [9.17, 15) is 9.59 Å². The standard InChI is InChI=1S/C21H25N3O2S/c25-20(22-8-7-18-6-3-11-27-18)14-19-21(26)23-9-10-24(19)17-12-15-4-1-2-5-16(15)13-17/h1-6,11,17,19H,7-10,12-14H2,(H,22,25)(H,23,26)/t19-/m1/s1. The van der Waals surface area contributed by atoms with E-state index in [1.807, 2.05) is 11.4 Å². The van der Waals surface area contributed by atoms with Gasteiger partial charge in [0.2, 0.25) is 11.8 Å². The maximum Gasteiger partial charge on any atom is 0.237 e. The molecule has 1 aliphatic carbocycles. The molecule has 1 aliphatic heterocycles. The molecule has 4 rings (SSSR count). The first-order valence-corrected chi connectivity index (χ1v) is 10.5. The summed E-state index contributed by atoms with van der Waals surface area (Å²) in [5.41, 5.74) is 2.74. The molecule has 5 nitrogen and oxygen atoms in total. The third kappa shape index (κ3) is 4.22. The van der Waals surface area contributed by atoms with E-state index < -0.39 is 0 Å². The van der Waals surface area contributed by atoms with Crippen LogP contribution in [-0.2, 0) is 28.9 Å². The van der Waals surface area contributed by atoms with Crippen molar-refractivity contribution >= 4 is 23.2 Å². The van der Waals surface area contributed by atoms with Crippen molar-refractivity contribution in [2.75, 3.05) is 19.6 Å². The Kier molecular flexibility index (Phi) is 5.55. The van der Waals surface area contributed by atoms with Crippen LogP contribution in [0.25, 0.3) is 0 Å². The van der Waals surface area contributed by atoms with Gasteiger partial charge >= 0.3 is 0 Å². The highest BCUT2D eigenvalue weighted by Crippen LogP contribution is 2.28. The Labute approximate surface area is 163 Å². The van der Waals surface area contributed by atoms with Gasteiger partial charge in [-0.3, -0.25) is 14.5 Å². The minimum Gasteiger partial charge on any atom is -0.356 e. The van der Waals surface area contributed by atoms with Gasteiger partial charge < -0.3 is 10.6 Å². The van der Waals surface area contributed by atoms with Gasteiger partial charge in [0.25, 0.3) is 0 Å². The summed E-state index contributed by atoms with van der Waals surface area (Å²) in [6, 6.07) is 12.5. The molecule has 2 aliphatic rings. The van der Waals surface area contributed by atoms with Crippen molar-refractivity contribution in [2.24, 2.45) is 0 Å². The van der Waals surface area contributed by atoms with E-state index in [1.165, 1.54) is 16.0 Å². The molecule has 0 radical (unpaired) electrons. The van der Waals surface area contributed by atoms with E-state index in [1.54, 1.807) is 11.3 Å². The smallest absolute Gasteiger partial charge is 0.237 e. The van der Waals surface area contributed by atoms with E-state index in [0.29, 0.717) is 19.1 Å². The Morgan fingerprint density at radius 3 is 2.67 bits per heavy atom. The Hall–Kier alpha value is -2.18. The molecule has 1 fully saturated rings. The number of piperazine rings is 1. The lowest BCUT2D eigenvalue weighted by Crippen LogP contribution is -2.59. The molecule has 142 valence electrons. The second-order valence-corrected chi connectivity index (χ2v) is 8.29. The molecule has 2 heterocycles. The average molecular weight is 384 g/mol. The highest BCUT2D eigenvalue weighted by molar-refractivity contribution is 7.09. The summed E-state index contributed by atoms with van der Waals surface area (Å²) < 4.78 is 0. The summed E-state index contributed by atoms with van der Waals surface area (Å²) in [5, 5.41) is 7.95. The summed E-state index contributed by atoms with van der Waals surface area (Å²) in [5.74, 6) is -0.0697. The van der Waals surface area contributed by atoms with Gasteiger partial charge in [-0.15, -0.1) is 11.3 Å². The number of carbonyl (C=O) groups excluding carboxylic acids is 2. The lowest BCUT2D eigenvalue weighted by atomic mass is 10.0. The highest BCUT2D eigenvalue weighted by Gasteiger charge is 2.37. The summed E-state index contributed by atoms with van der Waals surface area (Å²) >= 11 is 1.70. The van der Waals surface area contributed by atoms with Crippen molar-refractivity contribution in [3.8, 4) is 0 Å². The van der Waals surface area contributed by atoms with E-state index in [0.717, 1.165) is 25.8 Å². The third-order valence-electron chi connectivity index (χ3n) is 5.52. The molecule has 27 heavy (non-hydrogen) atoms. The second kappa shape index (κ2) is 8.23. The van der Waals surface area contributed by atoms with Crippen molar-refractivity contribution < 1.29 is 9.59 Å². The number of hydrogen-bond acceptors (Lipinski definition) is 4. The van der Waals surface area contributed by atoms with Crippen molar-refractivity contribution in [1.82, 2.24) is 15.5 Å². The van der Waals surface area contributed by atoms with Gasteiger partial charge in [0.15, 0.2) is 0 Å². The van der Waals surface area contributed by atoms with Gasteiger partial charge in [-0.2, -0.15) is 0 Å². The number of nitrogens with one attached hydrogen (secondary N) is 2. The fourth-order valence-corrected chi connectivity index (χ4v) is 4.89. The molecule has 2 amide bonds. The Morgan fingerprint density at radius 1 is 1.19 bits per heavy atom. The van der Waals surface area contributed by atoms with Crippen molar-refractivity contribution in [3.63, 3.8) is 0 Å². The van der Waals surface area contributed by atoms with Crippen molar-refractivity contribution in [2.45, 2.75) is 37.8 Å². The fourth-order valence-electron chi connectivity index (χ4n) is 4.18. The maximum absolute atomic E-state index is 12.5. The lowest BCUT2D eigenvalue weighted by Gasteiger charge is -2.38. The van der Waals surface area contributed by atoms with Crippen molar-refractivity contribution in [1.29, 1.82) is 0 Å². The number of rotatable bonds is 6. The summed E-state index contributed by atoms with van der Waals surface area (Å²) in [7, 11) is 0. The first kappa shape index (κ1) is 18.2. The number of nitrogens with zero attached hydrogens (tertiary/aromatic N) is 1. The SMILES string of the molecule is O=C(C[C@@H]1C(=O)NCCN1C1Cc2ccccc2C1)NCCc1cccs1. The Bertz CT molecular complexity index is 781. The molecule has 0 bridgehead atoms. The van der Waals surface area contributed by atoms with Crippen LogP contribution in [0.3, 0.4) is 0 Å². The van der Waals surface area contributed by atoms with E-state index in [4.69, 9.17) is 0 Å². The number of carbonyl (C=O) groups is 2. The molecule has 0 saturated carbocycles. The van der Waals surface area contributed by atoms with Crippen LogP contribution in [0, 0.1) is 0 Å². The minimum absolute atomic E-state index is 0.0226. The number of benzene rings is 1. The fraction of sp³-hybridized carbons (Fsp3) is 0.429. The van der Waals surface area contributed by atoms with Crippen LogP contribution in [0.15, 0.2) is 41.8 Å². The van der Waals surface area contributed by atoms with Crippen LogP contribution in [0.4, 0.5) is 0 Å². The second-order valence-electron chi connectivity index (χ2n) is 7.26. The quantitative estimate of drug-likeness (QED) is 0.799. The topological polar surface area (TPSA) is 61.4 Å². The lowest BCUT2D eigenvalue weighted by molar-refractivity contribution is -0.135. The normalized spacial score (nSPS) is 20.3. The maximum atomic E-state index is 12.5. The first-order valence-electron chi connectivity index (χ1n) is 9.60. The van der Waals surface area contributed by atoms with Crippen LogP contribution in [0.1, 0.15) is 22.4 Å². The molecule has 1 saturated heterocycles. The minimum atomic E-state index is -0.375. The molecular formula is C21H25N3O2S. The predicted octanol–water partition coefficient (Wildman–Crippen LogP) is 1.76. The highest BCUT2D eigenvalue weighted by atomic mass is 32.1. The molecule has 2 N–H and O–H groups in total. The summed E-state index contributed by atoms with van der Waals surface area (Å²) in [6.45, 7) is 2.07. The van der Waals surface area contributed by atoms with Crippen LogP contribution in [-0.4, -0.2) is 48.4 Å². The van der Waals surface area contributed by atoms with Gasteiger partial charge in [-0.25, -0.2) is 0 Å². The van der Waals surface area contributed by atoms with Gasteiger partial charge in [0.05, 0.1) is 12.5 Å². The third-order valence-corrected chi connectivity index (χ3v) is 6.46. The Morgan fingerprint density at radius 2 is 1.96 bits per heavy atom. The largest absolute Gasteiger partial charge is 0.356 e. The van der Waals surface area contributed by atoms with Crippen LogP contribution >= 0.6 is 11.3 Å². The van der Waals surface area contributed by atoms with Crippen molar-refractivity contribution in [3.05, 3.63) is 57.8 Å². The van der Waals surface area contributed by atoms with E-state index in [-0.39, 0.29) is 24.3 Å². The molecule has 0 unspecified atom stereocenters. The zero-order chi connectivity index (χ0) is 18.6. The van der Waals surface area contributed by atoms with Gasteiger partial charge in [0.1, 0.15) is 0 Å². The molecule has 1 aromatic heterocycles. The zero-order valence-corrected chi connectivity index (χ0v) is 16.1. The average Bonchev–Trinajstić information content (AvgIpc) is 3.32. The first-order chi connectivity index (χ1) is 13.2. The summed E-state index contributed by atoms with van der Waals surface area (Å²) in [4.78, 5) is 28.5. The van der Waals surface area contributed by atoms with Gasteiger partial charge in [-0.05, 0) is 41.8 Å². The van der Waals surface area contributed by atoms with Gasteiger partial charge in [0, 0.05) is 30.6 Å². The predicted molar refractivity (Wildman–Crippen MR) is 107 cm³/mol. The molecule has 1 atom stereocenters. The number of thiophene rings is 1. The van der Waals surface area contributed by atoms with Crippen LogP contribution < -0.4 is 10.6 Å². The molecule has 1 aromatic carbocycles. The Balaban J connectivity index is 1.35. The molecular weight excluding hydrogens is 358 g/mol.